The van der Waals surface area contributed by atoms with E-state index < -0.39 is 0 Å². The molecule has 0 amide bonds. The van der Waals surface area contributed by atoms with Gasteiger partial charge in [0.05, 0.1) is 0 Å². The minimum absolute atomic E-state index is 0.0233. The van der Waals surface area contributed by atoms with Crippen LogP contribution >= 0.6 is 0 Å². The van der Waals surface area contributed by atoms with Crippen molar-refractivity contribution in [3.8, 4) is 0 Å². The molecule has 0 bridgehead atoms. The number of methoxy groups -OCH3 is 1. The van der Waals surface area contributed by atoms with Gasteiger partial charge in [-0.05, 0) is 40.7 Å². The highest BCUT2D eigenvalue weighted by molar-refractivity contribution is 4.93. The molecule has 15 heavy (non-hydrogen) atoms. The monoisotopic (exact) mass is 216 g/mol. The number of nitrogens with two attached hydrogens (primary N) is 1. The summed E-state index contributed by atoms with van der Waals surface area (Å²) in [6, 6.07) is 0. The molecule has 2 N–H and O–H groups in total. The second-order valence-corrected chi connectivity index (χ2v) is 5.17. The summed E-state index contributed by atoms with van der Waals surface area (Å²) in [7, 11) is 3.90. The molecule has 0 aromatic rings. The van der Waals surface area contributed by atoms with E-state index in [4.69, 9.17) is 10.5 Å². The molecule has 0 aliphatic rings. The lowest BCUT2D eigenvalue weighted by Gasteiger charge is -2.47. The van der Waals surface area contributed by atoms with Crippen molar-refractivity contribution in [2.45, 2.75) is 51.6 Å². The molecule has 0 radical (unpaired) electrons. The molecule has 0 saturated carbocycles. The fraction of sp³-hybridized carbons (Fsp3) is 1.00. The van der Waals surface area contributed by atoms with Gasteiger partial charge >= 0.3 is 0 Å². The Hall–Kier alpha value is -0.120. The first kappa shape index (κ1) is 14.9. The van der Waals surface area contributed by atoms with Crippen LogP contribution in [-0.4, -0.2) is 43.3 Å². The lowest BCUT2D eigenvalue weighted by molar-refractivity contribution is 0.0139. The highest BCUT2D eigenvalue weighted by Gasteiger charge is 2.35. The van der Waals surface area contributed by atoms with Gasteiger partial charge in [-0.2, -0.15) is 0 Å². The van der Waals surface area contributed by atoms with Gasteiger partial charge in [0, 0.05) is 31.3 Å². The Morgan fingerprint density at radius 3 is 2.13 bits per heavy atom. The van der Waals surface area contributed by atoms with Crippen molar-refractivity contribution in [3.05, 3.63) is 0 Å². The Balaban J connectivity index is 4.63. The Labute approximate surface area is 95.0 Å². The molecule has 0 fully saturated rings. The zero-order valence-electron chi connectivity index (χ0n) is 11.3. The minimum Gasteiger partial charge on any atom is -0.385 e. The largest absolute Gasteiger partial charge is 0.385 e. The lowest BCUT2D eigenvalue weighted by Crippen LogP contribution is -2.58. The molecule has 0 saturated heterocycles. The maximum atomic E-state index is 5.90. The topological polar surface area (TPSA) is 38.5 Å². The molecule has 0 aliphatic heterocycles. The van der Waals surface area contributed by atoms with E-state index in [0.29, 0.717) is 6.54 Å². The number of ether oxygens (including phenoxy) is 1. The van der Waals surface area contributed by atoms with E-state index in [1.807, 2.05) is 0 Å². The summed E-state index contributed by atoms with van der Waals surface area (Å²) < 4.78 is 5.15. The average Bonchev–Trinajstić information content (AvgIpc) is 2.24. The number of likely N-dealkylation sites (N-methyl/N-ethyl adjacent to an activating group) is 1. The van der Waals surface area contributed by atoms with Crippen LogP contribution in [0.25, 0.3) is 0 Å². The van der Waals surface area contributed by atoms with Crippen molar-refractivity contribution in [2.24, 2.45) is 5.73 Å². The molecule has 1 atom stereocenters. The molecule has 0 aliphatic carbocycles. The summed E-state index contributed by atoms with van der Waals surface area (Å²) in [5.74, 6) is 0. The number of hydrogen-bond donors (Lipinski definition) is 1. The predicted octanol–water partition coefficient (Wildman–Crippen LogP) is 1.86. The normalized spacial score (nSPS) is 16.8. The Bertz CT molecular complexity index is 182. The van der Waals surface area contributed by atoms with E-state index >= 15 is 0 Å². The van der Waals surface area contributed by atoms with Crippen molar-refractivity contribution in [2.75, 3.05) is 27.3 Å². The van der Waals surface area contributed by atoms with Crippen LogP contribution in [0.4, 0.5) is 0 Å². The van der Waals surface area contributed by atoms with Gasteiger partial charge in [-0.1, -0.05) is 6.92 Å². The lowest BCUT2D eigenvalue weighted by atomic mass is 9.88. The van der Waals surface area contributed by atoms with Gasteiger partial charge < -0.3 is 10.5 Å². The van der Waals surface area contributed by atoms with Gasteiger partial charge in [-0.3, -0.25) is 4.90 Å². The van der Waals surface area contributed by atoms with Gasteiger partial charge in [0.15, 0.2) is 0 Å². The van der Waals surface area contributed by atoms with Crippen molar-refractivity contribution in [1.29, 1.82) is 0 Å². The molecule has 3 nitrogen and oxygen atoms in total. The van der Waals surface area contributed by atoms with Gasteiger partial charge in [0.1, 0.15) is 0 Å². The second-order valence-electron chi connectivity index (χ2n) is 5.17. The Morgan fingerprint density at radius 1 is 1.27 bits per heavy atom. The second kappa shape index (κ2) is 5.83. The van der Waals surface area contributed by atoms with Crippen LogP contribution in [0.3, 0.4) is 0 Å². The van der Waals surface area contributed by atoms with E-state index in [-0.39, 0.29) is 11.1 Å². The van der Waals surface area contributed by atoms with Crippen LogP contribution in [0.1, 0.15) is 40.5 Å². The van der Waals surface area contributed by atoms with Gasteiger partial charge in [0.25, 0.3) is 0 Å². The third kappa shape index (κ3) is 3.74. The third-order valence-electron chi connectivity index (χ3n) is 3.87. The zero-order chi connectivity index (χ0) is 12.1. The zero-order valence-corrected chi connectivity index (χ0v) is 11.3. The van der Waals surface area contributed by atoms with E-state index in [1.165, 1.54) is 0 Å². The van der Waals surface area contributed by atoms with Crippen LogP contribution in [0, 0.1) is 0 Å². The molecule has 3 heteroatoms. The van der Waals surface area contributed by atoms with Crippen LogP contribution in [0.2, 0.25) is 0 Å². The highest BCUT2D eigenvalue weighted by atomic mass is 16.5. The van der Waals surface area contributed by atoms with Gasteiger partial charge in [-0.25, -0.2) is 0 Å². The highest BCUT2D eigenvalue weighted by Crippen LogP contribution is 2.27. The number of hydrogen-bond acceptors (Lipinski definition) is 3. The summed E-state index contributed by atoms with van der Waals surface area (Å²) in [6.07, 6.45) is 2.09. The van der Waals surface area contributed by atoms with Crippen molar-refractivity contribution in [3.63, 3.8) is 0 Å². The summed E-state index contributed by atoms with van der Waals surface area (Å²) in [5, 5.41) is 0. The SMILES string of the molecule is CCC(C)(C)N(C)C(C)(CN)CCOC. The maximum absolute atomic E-state index is 5.90. The smallest absolute Gasteiger partial charge is 0.0480 e. The van der Waals surface area contributed by atoms with Crippen molar-refractivity contribution >= 4 is 0 Å². The van der Waals surface area contributed by atoms with Crippen molar-refractivity contribution in [1.82, 2.24) is 4.90 Å². The number of rotatable bonds is 7. The predicted molar refractivity (Wildman–Crippen MR) is 66.1 cm³/mol. The first-order valence-corrected chi connectivity index (χ1v) is 5.77. The summed E-state index contributed by atoms with van der Waals surface area (Å²) >= 11 is 0. The fourth-order valence-corrected chi connectivity index (χ4v) is 1.70. The van der Waals surface area contributed by atoms with Crippen LogP contribution in [-0.2, 0) is 4.74 Å². The van der Waals surface area contributed by atoms with Crippen molar-refractivity contribution < 1.29 is 4.74 Å². The first-order valence-electron chi connectivity index (χ1n) is 5.77. The van der Waals surface area contributed by atoms with Crippen LogP contribution in [0.5, 0.6) is 0 Å². The first-order chi connectivity index (χ1) is 6.84. The number of nitrogens with zero attached hydrogens (tertiary/aromatic N) is 1. The fourth-order valence-electron chi connectivity index (χ4n) is 1.70. The third-order valence-corrected chi connectivity index (χ3v) is 3.87. The Morgan fingerprint density at radius 2 is 1.80 bits per heavy atom. The molecular formula is C12H28N2O. The molecule has 0 rings (SSSR count). The van der Waals surface area contributed by atoms with Crippen LogP contribution < -0.4 is 5.73 Å². The summed E-state index contributed by atoms with van der Waals surface area (Å²) in [6.45, 7) is 10.4. The van der Waals surface area contributed by atoms with E-state index in [2.05, 4.69) is 39.6 Å². The van der Waals surface area contributed by atoms with E-state index in [0.717, 1.165) is 19.4 Å². The molecule has 0 aromatic carbocycles. The van der Waals surface area contributed by atoms with Crippen LogP contribution in [0.15, 0.2) is 0 Å². The average molecular weight is 216 g/mol. The Kier molecular flexibility index (Phi) is 5.78. The van der Waals surface area contributed by atoms with Gasteiger partial charge in [-0.15, -0.1) is 0 Å². The summed E-state index contributed by atoms with van der Waals surface area (Å²) in [5.41, 5.74) is 6.11. The molecular weight excluding hydrogens is 188 g/mol. The maximum Gasteiger partial charge on any atom is 0.0480 e. The van der Waals surface area contributed by atoms with Gasteiger partial charge in [0.2, 0.25) is 0 Å². The molecule has 0 spiro atoms. The van der Waals surface area contributed by atoms with E-state index in [1.54, 1.807) is 7.11 Å². The molecule has 1 unspecified atom stereocenters. The van der Waals surface area contributed by atoms with E-state index in [9.17, 15) is 0 Å². The standard InChI is InChI=1S/C12H28N2O/c1-7-11(2,3)14(5)12(4,10-13)8-9-15-6/h7-10,13H2,1-6H3. The summed E-state index contributed by atoms with van der Waals surface area (Å²) in [4.78, 5) is 2.39. The molecule has 0 aromatic heterocycles. The minimum atomic E-state index is 0.0233. The molecule has 0 heterocycles. The molecule has 92 valence electrons. The quantitative estimate of drug-likeness (QED) is 0.706.